The van der Waals surface area contributed by atoms with Crippen LogP contribution in [0.4, 0.5) is 5.69 Å². The molecule has 0 saturated carbocycles. The third-order valence-corrected chi connectivity index (χ3v) is 2.82. The summed E-state index contributed by atoms with van der Waals surface area (Å²) in [5.74, 6) is 0.395. The zero-order valence-electron chi connectivity index (χ0n) is 10.2. The predicted molar refractivity (Wildman–Crippen MR) is 68.8 cm³/mol. The van der Waals surface area contributed by atoms with Gasteiger partial charge in [-0.25, -0.2) is 0 Å². The lowest BCUT2D eigenvalue weighted by atomic mass is 10.0. The first-order valence-electron chi connectivity index (χ1n) is 5.96. The molecule has 7 nitrogen and oxygen atoms in total. The van der Waals surface area contributed by atoms with Crippen molar-refractivity contribution < 1.29 is 14.6 Å². The molecule has 1 aromatic rings. The Morgan fingerprint density at radius 3 is 3.21 bits per heavy atom. The number of nitrogens with one attached hydrogen (secondary N) is 1. The second kappa shape index (κ2) is 6.08. The summed E-state index contributed by atoms with van der Waals surface area (Å²) < 4.78 is 5.23. The molecule has 100 valence electrons. The molecule has 7 heteroatoms. The van der Waals surface area contributed by atoms with Crippen molar-refractivity contribution in [3.05, 3.63) is 34.2 Å². The van der Waals surface area contributed by atoms with E-state index < -0.39 is 6.10 Å². The number of azide groups is 1. The zero-order chi connectivity index (χ0) is 13.7. The minimum Gasteiger partial charge on any atom is -0.482 e. The van der Waals surface area contributed by atoms with Crippen molar-refractivity contribution in [2.45, 2.75) is 18.9 Å². The van der Waals surface area contributed by atoms with Gasteiger partial charge in [0.15, 0.2) is 6.61 Å². The van der Waals surface area contributed by atoms with Crippen LogP contribution >= 0.6 is 0 Å². The maximum absolute atomic E-state index is 11.2. The van der Waals surface area contributed by atoms with E-state index in [1.54, 1.807) is 18.2 Å². The van der Waals surface area contributed by atoms with E-state index in [0.29, 0.717) is 36.4 Å². The Morgan fingerprint density at radius 1 is 1.58 bits per heavy atom. The Balaban J connectivity index is 2.02. The molecule has 0 aromatic heterocycles. The minimum absolute atomic E-state index is 0.0149. The molecule has 1 amide bonds. The summed E-state index contributed by atoms with van der Waals surface area (Å²) in [5, 5.41) is 16.1. The van der Waals surface area contributed by atoms with Gasteiger partial charge in [0.05, 0.1) is 11.8 Å². The van der Waals surface area contributed by atoms with E-state index in [-0.39, 0.29) is 12.5 Å². The molecule has 0 bridgehead atoms. The van der Waals surface area contributed by atoms with Crippen LogP contribution in [-0.2, 0) is 4.79 Å². The quantitative estimate of drug-likeness (QED) is 0.367. The Labute approximate surface area is 109 Å². The van der Waals surface area contributed by atoms with Gasteiger partial charge in [0.2, 0.25) is 0 Å². The molecular formula is C12H14N4O3. The van der Waals surface area contributed by atoms with Gasteiger partial charge < -0.3 is 15.2 Å². The highest BCUT2D eigenvalue weighted by Crippen LogP contribution is 2.31. The normalized spacial score (nSPS) is 14.7. The van der Waals surface area contributed by atoms with Gasteiger partial charge in [-0.05, 0) is 36.1 Å². The highest BCUT2D eigenvalue weighted by molar-refractivity contribution is 5.95. The van der Waals surface area contributed by atoms with Gasteiger partial charge in [0.1, 0.15) is 5.75 Å². The number of hydrogen-bond acceptors (Lipinski definition) is 4. The van der Waals surface area contributed by atoms with Gasteiger partial charge in [0.25, 0.3) is 5.91 Å². The third-order valence-electron chi connectivity index (χ3n) is 2.82. The fourth-order valence-electron chi connectivity index (χ4n) is 1.87. The number of carbonyl (C=O) groups is 1. The number of carbonyl (C=O) groups excluding carboxylic acids is 1. The molecule has 19 heavy (non-hydrogen) atoms. The summed E-state index contributed by atoms with van der Waals surface area (Å²) in [4.78, 5) is 13.9. The molecule has 2 N–H and O–H groups in total. The number of anilines is 1. The lowest BCUT2D eigenvalue weighted by molar-refractivity contribution is -0.118. The maximum Gasteiger partial charge on any atom is 0.262 e. The number of nitrogens with zero attached hydrogens (tertiary/aromatic N) is 3. The number of ether oxygens (including phenoxy) is 1. The van der Waals surface area contributed by atoms with E-state index in [1.165, 1.54) is 0 Å². The summed E-state index contributed by atoms with van der Waals surface area (Å²) in [6.45, 7) is 0.374. The molecule has 1 aromatic carbocycles. The molecule has 0 saturated heterocycles. The van der Waals surface area contributed by atoms with Crippen molar-refractivity contribution in [1.82, 2.24) is 0 Å². The summed E-state index contributed by atoms with van der Waals surface area (Å²) in [5.41, 5.74) is 9.42. The van der Waals surface area contributed by atoms with Gasteiger partial charge in [-0.15, -0.1) is 0 Å². The molecule has 1 atom stereocenters. The van der Waals surface area contributed by atoms with E-state index in [1.807, 2.05) is 0 Å². The molecule has 0 aliphatic carbocycles. The smallest absolute Gasteiger partial charge is 0.262 e. The van der Waals surface area contributed by atoms with Crippen LogP contribution in [0.25, 0.3) is 10.4 Å². The van der Waals surface area contributed by atoms with Crippen molar-refractivity contribution in [2.75, 3.05) is 18.5 Å². The average molecular weight is 262 g/mol. The van der Waals surface area contributed by atoms with Crippen LogP contribution in [0.5, 0.6) is 5.75 Å². The van der Waals surface area contributed by atoms with Crippen molar-refractivity contribution in [1.29, 1.82) is 0 Å². The van der Waals surface area contributed by atoms with Gasteiger partial charge in [-0.3, -0.25) is 4.79 Å². The number of fused-ring (bicyclic) bond motifs is 1. The minimum atomic E-state index is -0.655. The molecule has 0 radical (unpaired) electrons. The number of amides is 1. The number of hydrogen-bond donors (Lipinski definition) is 2. The third kappa shape index (κ3) is 3.37. The van der Waals surface area contributed by atoms with Crippen molar-refractivity contribution in [3.63, 3.8) is 0 Å². The Kier molecular flexibility index (Phi) is 4.22. The second-order valence-corrected chi connectivity index (χ2v) is 4.20. The van der Waals surface area contributed by atoms with Gasteiger partial charge >= 0.3 is 0 Å². The number of benzene rings is 1. The Hall–Kier alpha value is -2.24. The van der Waals surface area contributed by atoms with E-state index >= 15 is 0 Å². The van der Waals surface area contributed by atoms with Crippen LogP contribution in [0.15, 0.2) is 23.3 Å². The lowest BCUT2D eigenvalue weighted by Crippen LogP contribution is -2.25. The first-order valence-corrected chi connectivity index (χ1v) is 5.96. The Bertz CT molecular complexity index is 526. The first kappa shape index (κ1) is 13.2. The van der Waals surface area contributed by atoms with Gasteiger partial charge in [-0.1, -0.05) is 11.2 Å². The summed E-state index contributed by atoms with van der Waals surface area (Å²) >= 11 is 0. The lowest BCUT2D eigenvalue weighted by Gasteiger charge is -2.19. The van der Waals surface area contributed by atoms with Crippen LogP contribution in [0.2, 0.25) is 0 Å². The van der Waals surface area contributed by atoms with E-state index in [2.05, 4.69) is 15.3 Å². The van der Waals surface area contributed by atoms with Crippen LogP contribution in [0.1, 0.15) is 24.5 Å². The highest BCUT2D eigenvalue weighted by atomic mass is 16.5. The van der Waals surface area contributed by atoms with Crippen molar-refractivity contribution in [3.8, 4) is 5.75 Å². The second-order valence-electron chi connectivity index (χ2n) is 4.20. The molecule has 1 heterocycles. The topological polar surface area (TPSA) is 107 Å². The standard InChI is InChI=1S/C12H14N4O3/c13-16-14-5-1-2-10(17)8-3-4-11-9(6-8)15-12(18)7-19-11/h3-4,6,10,17H,1-2,5,7H2,(H,15,18). The van der Waals surface area contributed by atoms with Crippen LogP contribution in [0, 0.1) is 0 Å². The fourth-order valence-corrected chi connectivity index (χ4v) is 1.87. The largest absolute Gasteiger partial charge is 0.482 e. The molecule has 2 rings (SSSR count). The van der Waals surface area contributed by atoms with E-state index in [4.69, 9.17) is 10.3 Å². The molecule has 0 spiro atoms. The SMILES string of the molecule is [N-]=[N+]=NCCCC(O)c1ccc2c(c1)NC(=O)CO2. The first-order chi connectivity index (χ1) is 9.20. The fraction of sp³-hybridized carbons (Fsp3) is 0.417. The maximum atomic E-state index is 11.2. The van der Waals surface area contributed by atoms with Gasteiger partial charge in [0, 0.05) is 11.5 Å². The molecule has 1 aliphatic heterocycles. The number of aliphatic hydroxyl groups excluding tert-OH is 1. The molecule has 0 fully saturated rings. The highest BCUT2D eigenvalue weighted by Gasteiger charge is 2.17. The van der Waals surface area contributed by atoms with Gasteiger partial charge in [-0.2, -0.15) is 0 Å². The van der Waals surface area contributed by atoms with Crippen molar-refractivity contribution >= 4 is 11.6 Å². The predicted octanol–water partition coefficient (Wildman–Crippen LogP) is 2.14. The molecule has 1 unspecified atom stereocenters. The zero-order valence-corrected chi connectivity index (χ0v) is 10.2. The average Bonchev–Trinajstić information content (AvgIpc) is 2.42. The van der Waals surface area contributed by atoms with Crippen LogP contribution in [-0.4, -0.2) is 24.2 Å². The number of rotatable bonds is 5. The molecular weight excluding hydrogens is 248 g/mol. The van der Waals surface area contributed by atoms with Crippen LogP contribution < -0.4 is 10.1 Å². The summed E-state index contributed by atoms with van der Waals surface area (Å²) in [6.07, 6.45) is 0.440. The number of aliphatic hydroxyl groups is 1. The summed E-state index contributed by atoms with van der Waals surface area (Å²) in [7, 11) is 0. The van der Waals surface area contributed by atoms with Crippen LogP contribution in [0.3, 0.4) is 0 Å². The van der Waals surface area contributed by atoms with E-state index in [9.17, 15) is 9.90 Å². The monoisotopic (exact) mass is 262 g/mol. The van der Waals surface area contributed by atoms with Crippen molar-refractivity contribution in [2.24, 2.45) is 5.11 Å². The summed E-state index contributed by atoms with van der Waals surface area (Å²) in [6, 6.07) is 5.18. The molecule has 1 aliphatic rings. The Morgan fingerprint density at radius 2 is 2.42 bits per heavy atom. The van der Waals surface area contributed by atoms with E-state index in [0.717, 1.165) is 0 Å².